The standard InChI is InChI=1S/C12H11IN4O4/c1-16-6-10(13)11(15-16)12(18)14-7-3-8(17(19)20)5-9(4-7)21-2/h3-6H,1-2H3,(H,14,18). The van der Waals surface area contributed by atoms with E-state index in [2.05, 4.69) is 10.4 Å². The van der Waals surface area contributed by atoms with E-state index < -0.39 is 10.8 Å². The normalized spacial score (nSPS) is 10.2. The van der Waals surface area contributed by atoms with Gasteiger partial charge in [0.05, 0.1) is 27.4 Å². The van der Waals surface area contributed by atoms with E-state index in [0.717, 1.165) is 0 Å². The summed E-state index contributed by atoms with van der Waals surface area (Å²) in [4.78, 5) is 22.4. The number of aryl methyl sites for hydroxylation is 1. The van der Waals surface area contributed by atoms with Gasteiger partial charge in [0.1, 0.15) is 5.75 Å². The van der Waals surface area contributed by atoms with Gasteiger partial charge in [-0.2, -0.15) is 5.10 Å². The predicted molar refractivity (Wildman–Crippen MR) is 83.5 cm³/mol. The number of methoxy groups -OCH3 is 1. The molecule has 1 N–H and O–H groups in total. The monoisotopic (exact) mass is 402 g/mol. The number of carbonyl (C=O) groups excluding carboxylic acids is 1. The second-order valence-corrected chi connectivity index (χ2v) is 5.29. The molecule has 0 fully saturated rings. The summed E-state index contributed by atoms with van der Waals surface area (Å²) >= 11 is 1.99. The average molecular weight is 402 g/mol. The number of hydrogen-bond donors (Lipinski definition) is 1. The molecule has 2 rings (SSSR count). The first-order valence-corrected chi connectivity index (χ1v) is 6.82. The highest BCUT2D eigenvalue weighted by atomic mass is 127. The molecule has 8 nitrogen and oxygen atoms in total. The quantitative estimate of drug-likeness (QED) is 0.480. The van der Waals surface area contributed by atoms with Gasteiger partial charge in [-0.15, -0.1) is 0 Å². The topological polar surface area (TPSA) is 99.3 Å². The van der Waals surface area contributed by atoms with E-state index in [-0.39, 0.29) is 22.8 Å². The lowest BCUT2D eigenvalue weighted by molar-refractivity contribution is -0.384. The summed E-state index contributed by atoms with van der Waals surface area (Å²) in [6.45, 7) is 0. The van der Waals surface area contributed by atoms with Crippen molar-refractivity contribution in [3.05, 3.63) is 43.8 Å². The summed E-state index contributed by atoms with van der Waals surface area (Å²) < 4.78 is 7.19. The van der Waals surface area contributed by atoms with Crippen LogP contribution in [0.1, 0.15) is 10.5 Å². The summed E-state index contributed by atoms with van der Waals surface area (Å²) in [5, 5.41) is 17.5. The van der Waals surface area contributed by atoms with Crippen molar-refractivity contribution >= 4 is 39.9 Å². The molecule has 110 valence electrons. The number of benzene rings is 1. The highest BCUT2D eigenvalue weighted by Gasteiger charge is 2.17. The number of carbonyl (C=O) groups is 1. The molecule has 1 aromatic carbocycles. The van der Waals surface area contributed by atoms with Crippen LogP contribution in [-0.2, 0) is 7.05 Å². The lowest BCUT2D eigenvalue weighted by atomic mass is 10.2. The van der Waals surface area contributed by atoms with E-state index in [1.807, 2.05) is 22.6 Å². The molecule has 0 radical (unpaired) electrons. The van der Waals surface area contributed by atoms with Crippen LogP contribution in [-0.4, -0.2) is 27.7 Å². The minimum absolute atomic E-state index is 0.166. The van der Waals surface area contributed by atoms with Gasteiger partial charge in [-0.3, -0.25) is 19.6 Å². The van der Waals surface area contributed by atoms with Crippen molar-refractivity contribution in [3.8, 4) is 5.75 Å². The first-order chi connectivity index (χ1) is 9.90. The van der Waals surface area contributed by atoms with E-state index in [1.54, 1.807) is 13.2 Å². The maximum atomic E-state index is 12.1. The first kappa shape index (κ1) is 15.2. The fourth-order valence-corrected chi connectivity index (χ4v) is 2.44. The van der Waals surface area contributed by atoms with Gasteiger partial charge in [0, 0.05) is 25.4 Å². The molecule has 0 atom stereocenters. The molecule has 1 heterocycles. The van der Waals surface area contributed by atoms with Gasteiger partial charge in [0.25, 0.3) is 11.6 Å². The van der Waals surface area contributed by atoms with Crippen molar-refractivity contribution in [2.24, 2.45) is 7.05 Å². The molecule has 0 saturated heterocycles. The number of aromatic nitrogens is 2. The van der Waals surface area contributed by atoms with Crippen LogP contribution in [0.5, 0.6) is 5.75 Å². The second-order valence-electron chi connectivity index (χ2n) is 4.13. The molecule has 1 aromatic heterocycles. The molecule has 21 heavy (non-hydrogen) atoms. The third kappa shape index (κ3) is 3.48. The number of non-ortho nitro benzene ring substituents is 1. The van der Waals surface area contributed by atoms with E-state index in [0.29, 0.717) is 3.57 Å². The number of halogens is 1. The zero-order valence-corrected chi connectivity index (χ0v) is 13.3. The molecule has 0 unspecified atom stereocenters. The van der Waals surface area contributed by atoms with E-state index in [4.69, 9.17) is 4.74 Å². The average Bonchev–Trinajstić information content (AvgIpc) is 2.77. The van der Waals surface area contributed by atoms with Gasteiger partial charge in [0.15, 0.2) is 5.69 Å². The van der Waals surface area contributed by atoms with Gasteiger partial charge in [0.2, 0.25) is 0 Å². The van der Waals surface area contributed by atoms with Crippen molar-refractivity contribution in [1.82, 2.24) is 9.78 Å². The Morgan fingerprint density at radius 3 is 2.71 bits per heavy atom. The summed E-state index contributed by atoms with van der Waals surface area (Å²) in [5.74, 6) is -0.155. The lowest BCUT2D eigenvalue weighted by Gasteiger charge is -2.06. The molecular formula is C12H11IN4O4. The number of nitrogens with one attached hydrogen (secondary N) is 1. The maximum absolute atomic E-state index is 12.1. The lowest BCUT2D eigenvalue weighted by Crippen LogP contribution is -2.14. The number of rotatable bonds is 4. The van der Waals surface area contributed by atoms with Crippen LogP contribution in [0.3, 0.4) is 0 Å². The zero-order valence-electron chi connectivity index (χ0n) is 11.2. The van der Waals surface area contributed by atoms with Crippen LogP contribution in [0.2, 0.25) is 0 Å². The molecule has 1 amide bonds. The maximum Gasteiger partial charge on any atom is 0.277 e. The van der Waals surface area contributed by atoms with Gasteiger partial charge in [-0.05, 0) is 22.6 Å². The Bertz CT molecular complexity index is 713. The van der Waals surface area contributed by atoms with Crippen LogP contribution < -0.4 is 10.1 Å². The van der Waals surface area contributed by atoms with Crippen LogP contribution in [0, 0.1) is 13.7 Å². The number of hydrogen-bond acceptors (Lipinski definition) is 5. The highest BCUT2D eigenvalue weighted by molar-refractivity contribution is 14.1. The number of ether oxygens (including phenoxy) is 1. The van der Waals surface area contributed by atoms with Crippen molar-refractivity contribution in [2.45, 2.75) is 0 Å². The van der Waals surface area contributed by atoms with Crippen LogP contribution in [0.4, 0.5) is 11.4 Å². The summed E-state index contributed by atoms with van der Waals surface area (Å²) in [7, 11) is 3.10. The molecule has 2 aromatic rings. The molecule has 0 aliphatic carbocycles. The van der Waals surface area contributed by atoms with E-state index >= 15 is 0 Å². The van der Waals surface area contributed by atoms with Crippen molar-refractivity contribution in [3.63, 3.8) is 0 Å². The number of anilines is 1. The minimum atomic E-state index is -0.553. The predicted octanol–water partition coefficient (Wildman–Crippen LogP) is 2.19. The Labute approximate surface area is 133 Å². The summed E-state index contributed by atoms with van der Waals surface area (Å²) in [5.41, 5.74) is 0.358. The number of nitro benzene ring substituents is 1. The van der Waals surface area contributed by atoms with E-state index in [1.165, 1.54) is 30.0 Å². The van der Waals surface area contributed by atoms with Gasteiger partial charge in [-0.1, -0.05) is 0 Å². The van der Waals surface area contributed by atoms with Crippen LogP contribution in [0.25, 0.3) is 0 Å². The van der Waals surface area contributed by atoms with Gasteiger partial charge in [-0.25, -0.2) is 0 Å². The second kappa shape index (κ2) is 6.08. The Hall–Kier alpha value is -2.17. The fraction of sp³-hybridized carbons (Fsp3) is 0.167. The Balaban J connectivity index is 2.30. The largest absolute Gasteiger partial charge is 0.496 e. The summed E-state index contributed by atoms with van der Waals surface area (Å²) in [6, 6.07) is 4.04. The molecule has 0 aliphatic heterocycles. The third-order valence-electron chi connectivity index (χ3n) is 2.59. The van der Waals surface area contributed by atoms with Gasteiger partial charge >= 0.3 is 0 Å². The third-order valence-corrected chi connectivity index (χ3v) is 3.38. The Kier molecular flexibility index (Phi) is 4.40. The number of amides is 1. The Morgan fingerprint density at radius 1 is 1.48 bits per heavy atom. The minimum Gasteiger partial charge on any atom is -0.496 e. The van der Waals surface area contributed by atoms with Crippen molar-refractivity contribution in [2.75, 3.05) is 12.4 Å². The molecule has 0 bridgehead atoms. The van der Waals surface area contributed by atoms with Crippen LogP contribution >= 0.6 is 22.6 Å². The molecular weight excluding hydrogens is 391 g/mol. The zero-order chi connectivity index (χ0) is 15.6. The number of nitrogens with zero attached hydrogens (tertiary/aromatic N) is 3. The Morgan fingerprint density at radius 2 is 2.19 bits per heavy atom. The smallest absolute Gasteiger partial charge is 0.277 e. The molecule has 0 aliphatic rings. The van der Waals surface area contributed by atoms with E-state index in [9.17, 15) is 14.9 Å². The van der Waals surface area contributed by atoms with Crippen LogP contribution in [0.15, 0.2) is 24.4 Å². The molecule has 9 heteroatoms. The fourth-order valence-electron chi connectivity index (χ4n) is 1.68. The summed E-state index contributed by atoms with van der Waals surface area (Å²) in [6.07, 6.45) is 1.70. The van der Waals surface area contributed by atoms with Crippen molar-refractivity contribution in [1.29, 1.82) is 0 Å². The molecule has 0 spiro atoms. The SMILES string of the molecule is COc1cc(NC(=O)c2nn(C)cc2I)cc([N+](=O)[O-])c1. The first-order valence-electron chi connectivity index (χ1n) is 5.74. The molecule has 0 saturated carbocycles. The van der Waals surface area contributed by atoms with Gasteiger partial charge < -0.3 is 10.1 Å². The highest BCUT2D eigenvalue weighted by Crippen LogP contribution is 2.26. The van der Waals surface area contributed by atoms with Crippen molar-refractivity contribution < 1.29 is 14.5 Å². The number of nitro groups is 1.